The van der Waals surface area contributed by atoms with Crippen LogP contribution in [0.2, 0.25) is 0 Å². The van der Waals surface area contributed by atoms with E-state index in [0.29, 0.717) is 5.66 Å². The molecule has 0 heterocycles. The highest BCUT2D eigenvalue weighted by atomic mass is 31.2. The van der Waals surface area contributed by atoms with Gasteiger partial charge in [0.05, 0.1) is 5.82 Å². The largest absolute Gasteiger partial charge is 0.110 e. The zero-order chi connectivity index (χ0) is 14.5. The second-order valence-corrected chi connectivity index (χ2v) is 9.14. The standard InChI is InChI=1S/C20H22P/c1-2-21(18-12-6-3-7-13-18,19-14-8-4-9-15-19)20-16-10-5-11-17-20/h2-4,6-10,12-14,16-17,19H,1,5,11,15H2/q+1. The van der Waals surface area contributed by atoms with Crippen LogP contribution in [0.4, 0.5) is 0 Å². The van der Waals surface area contributed by atoms with E-state index in [1.165, 1.54) is 10.6 Å². The second-order valence-electron chi connectivity index (χ2n) is 5.52. The van der Waals surface area contributed by atoms with E-state index in [1.807, 2.05) is 0 Å². The van der Waals surface area contributed by atoms with Crippen LogP contribution in [-0.2, 0) is 0 Å². The third-order valence-electron chi connectivity index (χ3n) is 4.36. The van der Waals surface area contributed by atoms with Crippen molar-refractivity contribution in [1.82, 2.24) is 0 Å². The van der Waals surface area contributed by atoms with Crippen molar-refractivity contribution in [3.8, 4) is 0 Å². The Bertz CT molecular complexity index is 618. The van der Waals surface area contributed by atoms with E-state index in [0.717, 1.165) is 19.3 Å². The molecular weight excluding hydrogens is 271 g/mol. The first-order valence-electron chi connectivity index (χ1n) is 7.66. The number of hydrogen-bond acceptors (Lipinski definition) is 0. The lowest BCUT2D eigenvalue weighted by Gasteiger charge is -2.32. The summed E-state index contributed by atoms with van der Waals surface area (Å²) >= 11 is 0. The summed E-state index contributed by atoms with van der Waals surface area (Å²) < 4.78 is 0. The molecule has 0 saturated heterocycles. The maximum Gasteiger partial charge on any atom is 0.110 e. The molecule has 0 radical (unpaired) electrons. The van der Waals surface area contributed by atoms with Gasteiger partial charge in [-0.05, 0) is 43.2 Å². The summed E-state index contributed by atoms with van der Waals surface area (Å²) in [6, 6.07) is 11.0. The van der Waals surface area contributed by atoms with Crippen LogP contribution in [0.5, 0.6) is 0 Å². The molecule has 106 valence electrons. The molecule has 0 aromatic heterocycles. The molecule has 2 unspecified atom stereocenters. The smallest absolute Gasteiger partial charge is 0.0803 e. The minimum absolute atomic E-state index is 0.538. The van der Waals surface area contributed by atoms with E-state index in [9.17, 15) is 0 Å². The van der Waals surface area contributed by atoms with Crippen LogP contribution < -0.4 is 5.30 Å². The maximum atomic E-state index is 4.28. The normalized spacial score (nSPS) is 23.4. The summed E-state index contributed by atoms with van der Waals surface area (Å²) in [5.41, 5.74) is 0.538. The Morgan fingerprint density at radius 3 is 2.52 bits per heavy atom. The van der Waals surface area contributed by atoms with Gasteiger partial charge in [-0.25, -0.2) is 0 Å². The Morgan fingerprint density at radius 2 is 1.90 bits per heavy atom. The summed E-state index contributed by atoms with van der Waals surface area (Å²) in [5.74, 6) is 2.26. The monoisotopic (exact) mass is 293 g/mol. The zero-order valence-electron chi connectivity index (χ0n) is 12.4. The van der Waals surface area contributed by atoms with Crippen LogP contribution in [0, 0.1) is 0 Å². The van der Waals surface area contributed by atoms with Gasteiger partial charge in [-0.1, -0.05) is 49.1 Å². The van der Waals surface area contributed by atoms with Crippen LogP contribution in [0.3, 0.4) is 0 Å². The van der Waals surface area contributed by atoms with E-state index in [2.05, 4.69) is 85.3 Å². The lowest BCUT2D eigenvalue weighted by atomic mass is 10.2. The summed E-state index contributed by atoms with van der Waals surface area (Å²) in [6.45, 7) is 4.28. The minimum Gasteiger partial charge on any atom is -0.0803 e. The first-order chi connectivity index (χ1) is 10.4. The van der Waals surface area contributed by atoms with Gasteiger partial charge in [-0.15, -0.1) is 0 Å². The summed E-state index contributed by atoms with van der Waals surface area (Å²) in [5, 5.41) is 2.95. The molecule has 0 spiro atoms. The molecule has 21 heavy (non-hydrogen) atoms. The van der Waals surface area contributed by atoms with E-state index in [4.69, 9.17) is 0 Å². The van der Waals surface area contributed by atoms with Crippen molar-refractivity contribution in [2.24, 2.45) is 0 Å². The van der Waals surface area contributed by atoms with Crippen molar-refractivity contribution in [3.63, 3.8) is 0 Å². The number of benzene rings is 1. The van der Waals surface area contributed by atoms with Gasteiger partial charge in [-0.3, -0.25) is 0 Å². The van der Waals surface area contributed by atoms with Crippen LogP contribution in [0.15, 0.2) is 90.6 Å². The van der Waals surface area contributed by atoms with Gasteiger partial charge < -0.3 is 0 Å². The van der Waals surface area contributed by atoms with E-state index < -0.39 is 7.26 Å². The van der Waals surface area contributed by atoms with Gasteiger partial charge in [-0.2, -0.15) is 0 Å². The summed E-state index contributed by atoms with van der Waals surface area (Å²) in [7, 11) is -1.58. The average Bonchev–Trinajstić information content (AvgIpc) is 2.59. The molecule has 1 aromatic carbocycles. The quantitative estimate of drug-likeness (QED) is 0.635. The minimum atomic E-state index is -1.58. The van der Waals surface area contributed by atoms with Crippen LogP contribution in [-0.4, -0.2) is 5.66 Å². The van der Waals surface area contributed by atoms with Crippen molar-refractivity contribution < 1.29 is 0 Å². The zero-order valence-corrected chi connectivity index (χ0v) is 13.3. The highest BCUT2D eigenvalue weighted by Crippen LogP contribution is 2.71. The molecule has 0 fully saturated rings. The van der Waals surface area contributed by atoms with Crippen molar-refractivity contribution in [2.75, 3.05) is 0 Å². The molecule has 0 amide bonds. The molecule has 2 aliphatic carbocycles. The lowest BCUT2D eigenvalue weighted by molar-refractivity contribution is 1.02. The SMILES string of the molecule is C=C[P+](C1=CCCC=C1)(c1ccccc1)C1C=CC=CC1. The highest BCUT2D eigenvalue weighted by molar-refractivity contribution is 7.90. The Morgan fingerprint density at radius 1 is 1.05 bits per heavy atom. The van der Waals surface area contributed by atoms with Crippen LogP contribution in [0.1, 0.15) is 19.3 Å². The average molecular weight is 293 g/mol. The van der Waals surface area contributed by atoms with Gasteiger partial charge in [0.2, 0.25) is 0 Å². The van der Waals surface area contributed by atoms with E-state index >= 15 is 0 Å². The highest BCUT2D eigenvalue weighted by Gasteiger charge is 2.47. The van der Waals surface area contributed by atoms with E-state index in [1.54, 1.807) is 0 Å². The van der Waals surface area contributed by atoms with E-state index in [-0.39, 0.29) is 0 Å². The van der Waals surface area contributed by atoms with Crippen molar-refractivity contribution in [3.05, 3.63) is 90.6 Å². The first-order valence-corrected chi connectivity index (χ1v) is 9.59. The number of rotatable bonds is 4. The molecule has 2 aliphatic rings. The molecule has 1 heteroatoms. The molecule has 3 rings (SSSR count). The molecule has 0 nitrogen and oxygen atoms in total. The Labute approximate surface area is 128 Å². The van der Waals surface area contributed by atoms with Gasteiger partial charge in [0.1, 0.15) is 23.5 Å². The van der Waals surface area contributed by atoms with Crippen molar-refractivity contribution in [1.29, 1.82) is 0 Å². The first kappa shape index (κ1) is 14.3. The fraction of sp³-hybridized carbons (Fsp3) is 0.200. The third-order valence-corrected chi connectivity index (χ3v) is 8.70. The Balaban J connectivity index is 2.15. The van der Waals surface area contributed by atoms with Crippen molar-refractivity contribution >= 4 is 12.6 Å². The van der Waals surface area contributed by atoms with Crippen LogP contribution in [0.25, 0.3) is 0 Å². The Hall–Kier alpha value is -1.65. The molecule has 0 N–H and O–H groups in total. The number of hydrogen-bond donors (Lipinski definition) is 0. The fourth-order valence-corrected chi connectivity index (χ4v) is 7.33. The molecule has 0 saturated carbocycles. The topological polar surface area (TPSA) is 0 Å². The third kappa shape index (κ3) is 2.61. The molecule has 1 aromatic rings. The predicted octanol–water partition coefficient (Wildman–Crippen LogP) is 5.59. The summed E-state index contributed by atoms with van der Waals surface area (Å²) in [6.07, 6.45) is 19.6. The van der Waals surface area contributed by atoms with Gasteiger partial charge in [0.15, 0.2) is 0 Å². The fourth-order valence-electron chi connectivity index (χ4n) is 3.30. The van der Waals surface area contributed by atoms with Gasteiger partial charge in [0, 0.05) is 6.42 Å². The predicted molar refractivity (Wildman–Crippen MR) is 96.3 cm³/mol. The van der Waals surface area contributed by atoms with Gasteiger partial charge >= 0.3 is 0 Å². The maximum absolute atomic E-state index is 4.28. The van der Waals surface area contributed by atoms with Crippen LogP contribution >= 0.6 is 7.26 Å². The second kappa shape index (κ2) is 6.41. The lowest BCUT2D eigenvalue weighted by Crippen LogP contribution is -2.22. The molecular formula is C20H22P+. The number of allylic oxidation sites excluding steroid dienone is 8. The van der Waals surface area contributed by atoms with Gasteiger partial charge in [0.25, 0.3) is 0 Å². The molecule has 0 bridgehead atoms. The summed E-state index contributed by atoms with van der Waals surface area (Å²) in [4.78, 5) is 0. The van der Waals surface area contributed by atoms with Crippen molar-refractivity contribution in [2.45, 2.75) is 24.9 Å². The molecule has 0 aliphatic heterocycles. The Kier molecular flexibility index (Phi) is 4.36. The molecule has 2 atom stereocenters.